The number of hydrogen-bond acceptors (Lipinski definition) is 4. The van der Waals surface area contributed by atoms with Crippen LogP contribution < -0.4 is 9.47 Å². The van der Waals surface area contributed by atoms with Gasteiger partial charge in [0.2, 0.25) is 0 Å². The van der Waals surface area contributed by atoms with Gasteiger partial charge >= 0.3 is 5.97 Å². The molecule has 0 aliphatic rings. The average Bonchev–Trinajstić information content (AvgIpc) is 2.88. The Morgan fingerprint density at radius 2 is 1.58 bits per heavy atom. The van der Waals surface area contributed by atoms with Crippen molar-refractivity contribution in [3.63, 3.8) is 0 Å². The number of benzene rings is 2. The molecule has 0 radical (unpaired) electrons. The van der Waals surface area contributed by atoms with Crippen molar-refractivity contribution in [2.24, 2.45) is 7.05 Å². The number of aromatic nitrogens is 2. The second-order valence-electron chi connectivity index (χ2n) is 5.85. The third-order valence-corrected chi connectivity index (χ3v) is 3.97. The zero-order chi connectivity index (χ0) is 18.5. The lowest BCUT2D eigenvalue weighted by molar-refractivity contribution is -0.128. The van der Waals surface area contributed by atoms with Gasteiger partial charge in [-0.2, -0.15) is 5.10 Å². The van der Waals surface area contributed by atoms with Gasteiger partial charge in [0.1, 0.15) is 17.2 Å². The zero-order valence-corrected chi connectivity index (χ0v) is 15.0. The van der Waals surface area contributed by atoms with Crippen LogP contribution in [0.3, 0.4) is 0 Å². The van der Waals surface area contributed by atoms with E-state index in [4.69, 9.17) is 9.47 Å². The highest BCUT2D eigenvalue weighted by molar-refractivity contribution is 5.89. The molecule has 0 amide bonds. The molecule has 0 unspecified atom stereocenters. The number of nitrogens with zero attached hydrogens (tertiary/aromatic N) is 2. The molecule has 0 aliphatic carbocycles. The topological polar surface area (TPSA) is 53.4 Å². The second-order valence-corrected chi connectivity index (χ2v) is 5.85. The molecule has 0 spiro atoms. The highest BCUT2D eigenvalue weighted by Gasteiger charge is 2.07. The first-order valence-electron chi connectivity index (χ1n) is 8.26. The molecular weight excluding hydrogens is 328 g/mol. The monoisotopic (exact) mass is 348 g/mol. The van der Waals surface area contributed by atoms with E-state index in [1.54, 1.807) is 35.0 Å². The summed E-state index contributed by atoms with van der Waals surface area (Å²) in [6, 6.07) is 16.4. The van der Waals surface area contributed by atoms with E-state index in [0.717, 1.165) is 22.7 Å². The van der Waals surface area contributed by atoms with Gasteiger partial charge in [-0.3, -0.25) is 4.68 Å². The van der Waals surface area contributed by atoms with Gasteiger partial charge in [-0.05, 0) is 56.3 Å². The van der Waals surface area contributed by atoms with Gasteiger partial charge in [0.15, 0.2) is 0 Å². The molecule has 0 saturated carbocycles. The van der Waals surface area contributed by atoms with Gasteiger partial charge in [0.25, 0.3) is 0 Å². The number of esters is 1. The Labute approximate surface area is 152 Å². The Morgan fingerprint density at radius 1 is 0.962 bits per heavy atom. The fourth-order valence-corrected chi connectivity index (χ4v) is 2.53. The van der Waals surface area contributed by atoms with E-state index in [9.17, 15) is 4.79 Å². The number of para-hydroxylation sites is 1. The number of ether oxygens (including phenoxy) is 2. The molecular formula is C21H20N2O3. The number of hydrogen-bond donors (Lipinski definition) is 0. The summed E-state index contributed by atoms with van der Waals surface area (Å²) in [5, 5.41) is 4.32. The molecule has 5 nitrogen and oxygen atoms in total. The first-order valence-corrected chi connectivity index (χ1v) is 8.26. The Balaban J connectivity index is 1.61. The highest BCUT2D eigenvalue weighted by atomic mass is 16.5. The molecule has 3 aromatic rings. The maximum atomic E-state index is 12.0. The predicted molar refractivity (Wildman–Crippen MR) is 100 cm³/mol. The maximum Gasteiger partial charge on any atom is 0.336 e. The molecule has 0 aliphatic heterocycles. The van der Waals surface area contributed by atoms with Crippen LogP contribution in [0.4, 0.5) is 0 Å². The first kappa shape index (κ1) is 17.5. The van der Waals surface area contributed by atoms with Crippen molar-refractivity contribution in [1.82, 2.24) is 9.78 Å². The molecule has 0 atom stereocenters. The Kier molecular flexibility index (Phi) is 5.17. The lowest BCUT2D eigenvalue weighted by Crippen LogP contribution is -2.03. The van der Waals surface area contributed by atoms with Crippen LogP contribution in [-0.2, 0) is 11.8 Å². The minimum atomic E-state index is -0.440. The van der Waals surface area contributed by atoms with Crippen molar-refractivity contribution in [2.45, 2.75) is 13.8 Å². The van der Waals surface area contributed by atoms with Crippen LogP contribution in [0.1, 0.15) is 17.0 Å². The fourth-order valence-electron chi connectivity index (χ4n) is 2.53. The van der Waals surface area contributed by atoms with Crippen LogP contribution >= 0.6 is 0 Å². The fraction of sp³-hybridized carbons (Fsp3) is 0.143. The van der Waals surface area contributed by atoms with E-state index in [2.05, 4.69) is 5.10 Å². The maximum absolute atomic E-state index is 12.0. The van der Waals surface area contributed by atoms with E-state index in [1.807, 2.05) is 51.2 Å². The quantitative estimate of drug-likeness (QED) is 0.388. The van der Waals surface area contributed by atoms with Crippen LogP contribution in [0.2, 0.25) is 0 Å². The van der Waals surface area contributed by atoms with Gasteiger partial charge in [0, 0.05) is 24.4 Å². The van der Waals surface area contributed by atoms with Gasteiger partial charge in [0.05, 0.1) is 5.69 Å². The third-order valence-electron chi connectivity index (χ3n) is 3.97. The van der Waals surface area contributed by atoms with Crippen molar-refractivity contribution < 1.29 is 14.3 Å². The summed E-state index contributed by atoms with van der Waals surface area (Å²) in [7, 11) is 1.87. The van der Waals surface area contributed by atoms with Gasteiger partial charge in [-0.25, -0.2) is 4.79 Å². The largest absolute Gasteiger partial charge is 0.457 e. The number of aryl methyl sites for hydroxylation is 2. The standard InChI is InChI=1S/C21H20N2O3/c1-15-20(16(2)23(3)22-15)13-14-21(24)26-19-11-9-18(10-12-19)25-17-7-5-4-6-8-17/h4-14H,1-3H3/b14-13-. The Morgan fingerprint density at radius 3 is 2.19 bits per heavy atom. The number of carbonyl (C=O) groups excluding carboxylic acids is 1. The summed E-state index contributed by atoms with van der Waals surface area (Å²) >= 11 is 0. The van der Waals surface area contributed by atoms with E-state index >= 15 is 0 Å². The molecule has 0 saturated heterocycles. The molecule has 5 heteroatoms. The normalized spacial score (nSPS) is 10.9. The molecule has 1 heterocycles. The average molecular weight is 348 g/mol. The molecule has 26 heavy (non-hydrogen) atoms. The Hall–Kier alpha value is -3.34. The molecule has 0 N–H and O–H groups in total. The minimum absolute atomic E-state index is 0.440. The summed E-state index contributed by atoms with van der Waals surface area (Å²) in [6.45, 7) is 3.86. The zero-order valence-electron chi connectivity index (χ0n) is 15.0. The van der Waals surface area contributed by atoms with Gasteiger partial charge in [-0.1, -0.05) is 18.2 Å². The smallest absolute Gasteiger partial charge is 0.336 e. The van der Waals surface area contributed by atoms with E-state index in [-0.39, 0.29) is 0 Å². The molecule has 3 rings (SSSR count). The SMILES string of the molecule is Cc1nn(C)c(C)c1/C=C\C(=O)Oc1ccc(Oc2ccccc2)cc1. The van der Waals surface area contributed by atoms with Crippen LogP contribution in [0.5, 0.6) is 17.2 Å². The van der Waals surface area contributed by atoms with Crippen molar-refractivity contribution >= 4 is 12.0 Å². The van der Waals surface area contributed by atoms with Crippen molar-refractivity contribution in [1.29, 1.82) is 0 Å². The number of carbonyl (C=O) groups is 1. The molecule has 0 fully saturated rings. The van der Waals surface area contributed by atoms with Crippen molar-refractivity contribution in [2.75, 3.05) is 0 Å². The predicted octanol–water partition coefficient (Wildman–Crippen LogP) is 4.45. The molecule has 132 valence electrons. The summed E-state index contributed by atoms with van der Waals surface area (Å²) in [5.74, 6) is 1.44. The van der Waals surface area contributed by atoms with Crippen LogP contribution in [0.25, 0.3) is 6.08 Å². The number of rotatable bonds is 5. The molecule has 2 aromatic carbocycles. The van der Waals surface area contributed by atoms with Crippen LogP contribution in [0, 0.1) is 13.8 Å². The summed E-state index contributed by atoms with van der Waals surface area (Å²) in [6.07, 6.45) is 3.14. The van der Waals surface area contributed by atoms with Crippen molar-refractivity contribution in [3.05, 3.63) is 77.6 Å². The summed E-state index contributed by atoms with van der Waals surface area (Å²) in [4.78, 5) is 12.0. The van der Waals surface area contributed by atoms with E-state index < -0.39 is 5.97 Å². The summed E-state index contributed by atoms with van der Waals surface area (Å²) in [5.41, 5.74) is 2.79. The lowest BCUT2D eigenvalue weighted by atomic mass is 10.2. The first-order chi connectivity index (χ1) is 12.5. The second kappa shape index (κ2) is 7.70. The van der Waals surface area contributed by atoms with Crippen LogP contribution in [-0.4, -0.2) is 15.7 Å². The van der Waals surface area contributed by atoms with Gasteiger partial charge < -0.3 is 9.47 Å². The van der Waals surface area contributed by atoms with E-state index in [1.165, 1.54) is 6.08 Å². The molecule has 1 aromatic heterocycles. The lowest BCUT2D eigenvalue weighted by Gasteiger charge is -2.06. The third kappa shape index (κ3) is 4.19. The van der Waals surface area contributed by atoms with Gasteiger partial charge in [-0.15, -0.1) is 0 Å². The van der Waals surface area contributed by atoms with Crippen molar-refractivity contribution in [3.8, 4) is 17.2 Å². The highest BCUT2D eigenvalue weighted by Crippen LogP contribution is 2.23. The molecule has 0 bridgehead atoms. The van der Waals surface area contributed by atoms with Crippen LogP contribution in [0.15, 0.2) is 60.7 Å². The minimum Gasteiger partial charge on any atom is -0.457 e. The van der Waals surface area contributed by atoms with E-state index in [0.29, 0.717) is 11.5 Å². The Bertz CT molecular complexity index is 926. The summed E-state index contributed by atoms with van der Waals surface area (Å²) < 4.78 is 12.8.